The molecule has 15 heavy (non-hydrogen) atoms. The van der Waals surface area contributed by atoms with Gasteiger partial charge in [-0.1, -0.05) is 37.3 Å². The van der Waals surface area contributed by atoms with Gasteiger partial charge in [-0.25, -0.2) is 0 Å². The zero-order valence-electron chi connectivity index (χ0n) is 9.49. The fourth-order valence-electron chi connectivity index (χ4n) is 1.81. The number of benzene rings is 1. The Morgan fingerprint density at radius 3 is 2.53 bits per heavy atom. The van der Waals surface area contributed by atoms with Crippen LogP contribution >= 0.6 is 0 Å². The highest BCUT2D eigenvalue weighted by molar-refractivity contribution is 5.18. The lowest BCUT2D eigenvalue weighted by atomic mass is 9.88. The van der Waals surface area contributed by atoms with E-state index in [2.05, 4.69) is 49.5 Å². The van der Waals surface area contributed by atoms with E-state index in [0.717, 1.165) is 19.8 Å². The monoisotopic (exact) mass is 205 g/mol. The molecule has 82 valence electrons. The third kappa shape index (κ3) is 2.58. The molecule has 0 radical (unpaired) electrons. The van der Waals surface area contributed by atoms with Crippen molar-refractivity contribution in [3.8, 4) is 0 Å². The molecule has 1 saturated heterocycles. The number of rotatable bonds is 4. The van der Waals surface area contributed by atoms with Gasteiger partial charge >= 0.3 is 0 Å². The van der Waals surface area contributed by atoms with Crippen molar-refractivity contribution in [1.29, 1.82) is 0 Å². The van der Waals surface area contributed by atoms with Crippen molar-refractivity contribution >= 4 is 0 Å². The van der Waals surface area contributed by atoms with Crippen LogP contribution in [0.1, 0.15) is 25.5 Å². The molecule has 1 fully saturated rings. The molecule has 2 heteroatoms. The van der Waals surface area contributed by atoms with Crippen molar-refractivity contribution in [3.05, 3.63) is 35.9 Å². The van der Waals surface area contributed by atoms with Crippen molar-refractivity contribution in [2.75, 3.05) is 19.8 Å². The van der Waals surface area contributed by atoms with E-state index >= 15 is 0 Å². The average Bonchev–Trinajstić information content (AvgIpc) is 2.24. The number of ether oxygens (including phenoxy) is 1. The summed E-state index contributed by atoms with van der Waals surface area (Å²) >= 11 is 0. The van der Waals surface area contributed by atoms with Crippen LogP contribution in [-0.4, -0.2) is 19.8 Å². The standard InChI is InChI=1S/C13H19NO/c1-11(12-6-4-3-5-7-12)14-8-13(2)9-15-10-13/h3-7,11,14H,8-10H2,1-2H3. The molecule has 0 amide bonds. The molecule has 0 aromatic heterocycles. The summed E-state index contributed by atoms with van der Waals surface area (Å²) in [5.41, 5.74) is 1.70. The van der Waals surface area contributed by atoms with Crippen LogP contribution < -0.4 is 5.32 Å². The van der Waals surface area contributed by atoms with Crippen LogP contribution in [0.2, 0.25) is 0 Å². The largest absolute Gasteiger partial charge is 0.380 e. The van der Waals surface area contributed by atoms with Gasteiger partial charge in [0, 0.05) is 18.0 Å². The van der Waals surface area contributed by atoms with Crippen LogP contribution in [0.5, 0.6) is 0 Å². The number of hydrogen-bond donors (Lipinski definition) is 1. The normalized spacial score (nSPS) is 20.7. The third-order valence-corrected chi connectivity index (χ3v) is 3.04. The Bertz CT molecular complexity index is 306. The molecule has 1 N–H and O–H groups in total. The van der Waals surface area contributed by atoms with Gasteiger partial charge in [-0.05, 0) is 12.5 Å². The van der Waals surface area contributed by atoms with Gasteiger partial charge in [-0.15, -0.1) is 0 Å². The molecule has 1 aliphatic heterocycles. The molecule has 0 bridgehead atoms. The first kappa shape index (κ1) is 10.7. The lowest BCUT2D eigenvalue weighted by Gasteiger charge is -2.39. The zero-order chi connectivity index (χ0) is 10.7. The minimum Gasteiger partial charge on any atom is -0.380 e. The van der Waals surface area contributed by atoms with Crippen molar-refractivity contribution in [3.63, 3.8) is 0 Å². The van der Waals surface area contributed by atoms with E-state index in [-0.39, 0.29) is 0 Å². The lowest BCUT2D eigenvalue weighted by Crippen LogP contribution is -2.47. The Hall–Kier alpha value is -0.860. The van der Waals surface area contributed by atoms with Crippen molar-refractivity contribution in [2.45, 2.75) is 19.9 Å². The van der Waals surface area contributed by atoms with Gasteiger partial charge < -0.3 is 10.1 Å². The SMILES string of the molecule is CC(NCC1(C)COC1)c1ccccc1. The summed E-state index contributed by atoms with van der Waals surface area (Å²) < 4.78 is 5.24. The third-order valence-electron chi connectivity index (χ3n) is 3.04. The first-order valence-corrected chi connectivity index (χ1v) is 5.56. The average molecular weight is 205 g/mol. The van der Waals surface area contributed by atoms with E-state index < -0.39 is 0 Å². The summed E-state index contributed by atoms with van der Waals surface area (Å²) in [4.78, 5) is 0. The molecule has 2 nitrogen and oxygen atoms in total. The topological polar surface area (TPSA) is 21.3 Å². The van der Waals surface area contributed by atoms with Crippen LogP contribution in [0.25, 0.3) is 0 Å². The molecular formula is C13H19NO. The predicted molar refractivity (Wildman–Crippen MR) is 61.8 cm³/mol. The fourth-order valence-corrected chi connectivity index (χ4v) is 1.81. The van der Waals surface area contributed by atoms with Gasteiger partial charge in [0.05, 0.1) is 13.2 Å². The van der Waals surface area contributed by atoms with Crippen LogP contribution in [-0.2, 0) is 4.74 Å². The quantitative estimate of drug-likeness (QED) is 0.815. The maximum Gasteiger partial charge on any atom is 0.0554 e. The maximum atomic E-state index is 5.24. The fraction of sp³-hybridized carbons (Fsp3) is 0.538. The summed E-state index contributed by atoms with van der Waals surface area (Å²) in [6.07, 6.45) is 0. The lowest BCUT2D eigenvalue weighted by molar-refractivity contribution is -0.0999. The van der Waals surface area contributed by atoms with Gasteiger partial charge in [0.2, 0.25) is 0 Å². The van der Waals surface area contributed by atoms with Crippen LogP contribution in [0.4, 0.5) is 0 Å². The second-order valence-corrected chi connectivity index (χ2v) is 4.82. The van der Waals surface area contributed by atoms with E-state index in [0.29, 0.717) is 11.5 Å². The van der Waals surface area contributed by atoms with E-state index in [9.17, 15) is 0 Å². The molecule has 2 rings (SSSR count). The van der Waals surface area contributed by atoms with Crippen LogP contribution in [0.15, 0.2) is 30.3 Å². The molecule has 0 spiro atoms. The molecular weight excluding hydrogens is 186 g/mol. The summed E-state index contributed by atoms with van der Waals surface area (Å²) in [6, 6.07) is 11.0. The second kappa shape index (κ2) is 4.33. The van der Waals surface area contributed by atoms with Crippen LogP contribution in [0.3, 0.4) is 0 Å². The first-order valence-electron chi connectivity index (χ1n) is 5.56. The highest BCUT2D eigenvalue weighted by Crippen LogP contribution is 2.26. The summed E-state index contributed by atoms with van der Waals surface area (Å²) in [5, 5.41) is 3.56. The van der Waals surface area contributed by atoms with E-state index in [4.69, 9.17) is 4.74 Å². The molecule has 1 atom stereocenters. The van der Waals surface area contributed by atoms with Crippen molar-refractivity contribution in [2.24, 2.45) is 5.41 Å². The highest BCUT2D eigenvalue weighted by Gasteiger charge is 2.33. The minimum atomic E-state index is 0.350. The molecule has 1 aromatic rings. The van der Waals surface area contributed by atoms with Gasteiger partial charge in [0.1, 0.15) is 0 Å². The van der Waals surface area contributed by atoms with Gasteiger partial charge in [0.25, 0.3) is 0 Å². The van der Waals surface area contributed by atoms with Crippen molar-refractivity contribution in [1.82, 2.24) is 5.32 Å². The van der Waals surface area contributed by atoms with Gasteiger partial charge in [-0.3, -0.25) is 0 Å². The summed E-state index contributed by atoms with van der Waals surface area (Å²) in [7, 11) is 0. The van der Waals surface area contributed by atoms with Gasteiger partial charge in [-0.2, -0.15) is 0 Å². The molecule has 0 saturated carbocycles. The van der Waals surface area contributed by atoms with E-state index in [1.165, 1.54) is 5.56 Å². The predicted octanol–water partition coefficient (Wildman–Crippen LogP) is 2.37. The number of hydrogen-bond acceptors (Lipinski definition) is 2. The molecule has 0 aliphatic carbocycles. The Balaban J connectivity index is 1.85. The zero-order valence-corrected chi connectivity index (χ0v) is 9.49. The summed E-state index contributed by atoms with van der Waals surface area (Å²) in [6.45, 7) is 7.28. The Kier molecular flexibility index (Phi) is 3.08. The minimum absolute atomic E-state index is 0.350. The van der Waals surface area contributed by atoms with Crippen LogP contribution in [0, 0.1) is 5.41 Å². The molecule has 1 heterocycles. The Morgan fingerprint density at radius 1 is 1.33 bits per heavy atom. The highest BCUT2D eigenvalue weighted by atomic mass is 16.5. The molecule has 1 aliphatic rings. The van der Waals surface area contributed by atoms with Gasteiger partial charge in [0.15, 0.2) is 0 Å². The van der Waals surface area contributed by atoms with Crippen molar-refractivity contribution < 1.29 is 4.74 Å². The first-order chi connectivity index (χ1) is 7.20. The molecule has 1 aromatic carbocycles. The smallest absolute Gasteiger partial charge is 0.0554 e. The van der Waals surface area contributed by atoms with E-state index in [1.54, 1.807) is 0 Å². The molecule has 1 unspecified atom stereocenters. The van der Waals surface area contributed by atoms with E-state index in [1.807, 2.05) is 0 Å². The maximum absolute atomic E-state index is 5.24. The Labute approximate surface area is 91.6 Å². The second-order valence-electron chi connectivity index (χ2n) is 4.82. The number of nitrogens with one attached hydrogen (secondary N) is 1. The Morgan fingerprint density at radius 2 is 2.00 bits per heavy atom. The summed E-state index contributed by atoms with van der Waals surface area (Å²) in [5.74, 6) is 0.